The van der Waals surface area contributed by atoms with Gasteiger partial charge >= 0.3 is 0 Å². The van der Waals surface area contributed by atoms with Crippen LogP contribution in [-0.2, 0) is 11.3 Å². The molecule has 20 heavy (non-hydrogen) atoms. The Kier molecular flexibility index (Phi) is 6.52. The van der Waals surface area contributed by atoms with E-state index in [0.29, 0.717) is 23.0 Å². The number of ether oxygens (including phenoxy) is 1. The van der Waals surface area contributed by atoms with Crippen molar-refractivity contribution in [3.63, 3.8) is 0 Å². The summed E-state index contributed by atoms with van der Waals surface area (Å²) in [6.45, 7) is 4.48. The molecule has 1 aliphatic heterocycles. The lowest BCUT2D eigenvalue weighted by Gasteiger charge is -2.25. The zero-order valence-electron chi connectivity index (χ0n) is 11.7. The average Bonchev–Trinajstić information content (AvgIpc) is 2.92. The SMILES string of the molecule is COCCN(Cc1ccc(Cl)nc1Cl)CC1CCCN1. The van der Waals surface area contributed by atoms with E-state index in [0.717, 1.165) is 31.7 Å². The van der Waals surface area contributed by atoms with Gasteiger partial charge in [0, 0.05) is 38.3 Å². The van der Waals surface area contributed by atoms with Crippen molar-refractivity contribution >= 4 is 23.2 Å². The van der Waals surface area contributed by atoms with Crippen molar-refractivity contribution in [3.8, 4) is 0 Å². The van der Waals surface area contributed by atoms with E-state index in [2.05, 4.69) is 15.2 Å². The predicted octanol–water partition coefficient (Wildman–Crippen LogP) is 2.59. The highest BCUT2D eigenvalue weighted by Gasteiger charge is 2.18. The van der Waals surface area contributed by atoms with Crippen molar-refractivity contribution in [3.05, 3.63) is 28.0 Å². The number of halogens is 2. The van der Waals surface area contributed by atoms with E-state index in [4.69, 9.17) is 27.9 Å². The van der Waals surface area contributed by atoms with Crippen LogP contribution in [0.25, 0.3) is 0 Å². The van der Waals surface area contributed by atoms with Crippen molar-refractivity contribution in [2.45, 2.75) is 25.4 Å². The Balaban J connectivity index is 1.97. The normalized spacial score (nSPS) is 18.9. The van der Waals surface area contributed by atoms with Crippen molar-refractivity contribution in [1.82, 2.24) is 15.2 Å². The van der Waals surface area contributed by atoms with E-state index in [9.17, 15) is 0 Å². The molecule has 0 bridgehead atoms. The maximum absolute atomic E-state index is 6.16. The van der Waals surface area contributed by atoms with Crippen LogP contribution in [0, 0.1) is 0 Å². The molecular weight excluding hydrogens is 297 g/mol. The fraction of sp³-hybridized carbons (Fsp3) is 0.643. The Labute approximate surface area is 130 Å². The molecule has 1 aromatic heterocycles. The third kappa shape index (κ3) is 4.86. The molecule has 0 saturated carbocycles. The lowest BCUT2D eigenvalue weighted by Crippen LogP contribution is -2.38. The van der Waals surface area contributed by atoms with Crippen LogP contribution in [0.2, 0.25) is 10.3 Å². The summed E-state index contributed by atoms with van der Waals surface area (Å²) in [5.74, 6) is 0. The molecule has 6 heteroatoms. The smallest absolute Gasteiger partial charge is 0.135 e. The van der Waals surface area contributed by atoms with Crippen molar-refractivity contribution in [2.75, 3.05) is 33.4 Å². The Morgan fingerprint density at radius 3 is 2.95 bits per heavy atom. The molecular formula is C14H21Cl2N3O. The van der Waals surface area contributed by atoms with E-state index < -0.39 is 0 Å². The first-order valence-electron chi connectivity index (χ1n) is 6.94. The van der Waals surface area contributed by atoms with Crippen molar-refractivity contribution < 1.29 is 4.74 Å². The van der Waals surface area contributed by atoms with Gasteiger partial charge in [-0.05, 0) is 25.5 Å². The highest BCUT2D eigenvalue weighted by molar-refractivity contribution is 6.32. The number of rotatable bonds is 7. The van der Waals surface area contributed by atoms with Crippen LogP contribution < -0.4 is 5.32 Å². The second kappa shape index (κ2) is 8.15. The number of aromatic nitrogens is 1. The van der Waals surface area contributed by atoms with E-state index in [1.165, 1.54) is 12.8 Å². The van der Waals surface area contributed by atoms with Crippen molar-refractivity contribution in [1.29, 1.82) is 0 Å². The first-order valence-corrected chi connectivity index (χ1v) is 7.70. The molecule has 112 valence electrons. The van der Waals surface area contributed by atoms with Gasteiger partial charge in [0.1, 0.15) is 10.3 Å². The summed E-state index contributed by atoms with van der Waals surface area (Å²) in [6, 6.07) is 4.29. The summed E-state index contributed by atoms with van der Waals surface area (Å²) in [7, 11) is 1.73. The first kappa shape index (κ1) is 16.0. The lowest BCUT2D eigenvalue weighted by atomic mass is 10.2. The molecule has 2 rings (SSSR count). The number of nitrogens with one attached hydrogen (secondary N) is 1. The van der Waals surface area contributed by atoms with Gasteiger partial charge < -0.3 is 10.1 Å². The summed E-state index contributed by atoms with van der Waals surface area (Å²) in [5.41, 5.74) is 1.00. The maximum Gasteiger partial charge on any atom is 0.135 e. The summed E-state index contributed by atoms with van der Waals surface area (Å²) in [6.07, 6.45) is 2.49. The van der Waals surface area contributed by atoms with Gasteiger partial charge in [-0.15, -0.1) is 0 Å². The molecule has 4 nitrogen and oxygen atoms in total. The van der Waals surface area contributed by atoms with Crippen LogP contribution in [0.15, 0.2) is 12.1 Å². The van der Waals surface area contributed by atoms with Crippen LogP contribution in [-0.4, -0.2) is 49.3 Å². The van der Waals surface area contributed by atoms with Gasteiger partial charge in [0.2, 0.25) is 0 Å². The Morgan fingerprint density at radius 2 is 2.30 bits per heavy atom. The first-order chi connectivity index (χ1) is 9.69. The standard InChI is InChI=1S/C14H21Cl2N3O/c1-20-8-7-19(10-12-3-2-6-17-12)9-11-4-5-13(15)18-14(11)16/h4-5,12,17H,2-3,6-10H2,1H3. The van der Waals surface area contributed by atoms with Gasteiger partial charge in [-0.25, -0.2) is 4.98 Å². The highest BCUT2D eigenvalue weighted by atomic mass is 35.5. The van der Waals surface area contributed by atoms with Gasteiger partial charge in [0.05, 0.1) is 6.61 Å². The summed E-state index contributed by atoms with van der Waals surface area (Å²) < 4.78 is 5.19. The lowest BCUT2D eigenvalue weighted by molar-refractivity contribution is 0.138. The molecule has 0 aromatic carbocycles. The Morgan fingerprint density at radius 1 is 1.45 bits per heavy atom. The zero-order valence-corrected chi connectivity index (χ0v) is 13.3. The fourth-order valence-electron chi connectivity index (χ4n) is 2.48. The number of pyridine rings is 1. The average molecular weight is 318 g/mol. The molecule has 1 saturated heterocycles. The van der Waals surface area contributed by atoms with E-state index in [1.807, 2.05) is 6.07 Å². The largest absolute Gasteiger partial charge is 0.383 e. The van der Waals surface area contributed by atoms with Gasteiger partial charge in [-0.2, -0.15) is 0 Å². The molecule has 1 unspecified atom stereocenters. The number of hydrogen-bond acceptors (Lipinski definition) is 4. The molecule has 1 N–H and O–H groups in total. The molecule has 1 atom stereocenters. The maximum atomic E-state index is 6.16. The van der Waals surface area contributed by atoms with Gasteiger partial charge in [-0.3, -0.25) is 4.90 Å². The minimum Gasteiger partial charge on any atom is -0.383 e. The van der Waals surface area contributed by atoms with E-state index in [-0.39, 0.29) is 0 Å². The third-order valence-corrected chi connectivity index (χ3v) is 4.08. The van der Waals surface area contributed by atoms with E-state index in [1.54, 1.807) is 13.2 Å². The fourth-order valence-corrected chi connectivity index (χ4v) is 2.88. The van der Waals surface area contributed by atoms with Crippen molar-refractivity contribution in [2.24, 2.45) is 0 Å². The molecule has 0 amide bonds. The Bertz CT molecular complexity index is 425. The molecule has 1 fully saturated rings. The minimum atomic E-state index is 0.430. The number of methoxy groups -OCH3 is 1. The van der Waals surface area contributed by atoms with Crippen LogP contribution in [0.1, 0.15) is 18.4 Å². The quantitative estimate of drug-likeness (QED) is 0.784. The van der Waals surface area contributed by atoms with E-state index >= 15 is 0 Å². The monoisotopic (exact) mass is 317 g/mol. The summed E-state index contributed by atoms with van der Waals surface area (Å²) >= 11 is 12.0. The molecule has 0 aliphatic carbocycles. The molecule has 1 aliphatic rings. The van der Waals surface area contributed by atoms with Gasteiger partial charge in [0.15, 0.2) is 0 Å². The summed E-state index contributed by atoms with van der Waals surface area (Å²) in [5, 5.41) is 4.44. The highest BCUT2D eigenvalue weighted by Crippen LogP contribution is 2.19. The number of hydrogen-bond donors (Lipinski definition) is 1. The third-order valence-electron chi connectivity index (χ3n) is 3.54. The molecule has 2 heterocycles. The minimum absolute atomic E-state index is 0.430. The molecule has 0 spiro atoms. The molecule has 1 aromatic rings. The van der Waals surface area contributed by atoms with Crippen LogP contribution in [0.3, 0.4) is 0 Å². The summed E-state index contributed by atoms with van der Waals surface area (Å²) in [4.78, 5) is 6.45. The van der Waals surface area contributed by atoms with Crippen LogP contribution in [0.4, 0.5) is 0 Å². The van der Waals surface area contributed by atoms with Gasteiger partial charge in [0.25, 0.3) is 0 Å². The second-order valence-corrected chi connectivity index (χ2v) is 5.85. The van der Waals surface area contributed by atoms with Gasteiger partial charge in [-0.1, -0.05) is 29.3 Å². The van der Waals surface area contributed by atoms with Crippen LogP contribution >= 0.6 is 23.2 Å². The number of nitrogens with zero attached hydrogens (tertiary/aromatic N) is 2. The zero-order chi connectivity index (χ0) is 14.4. The predicted molar refractivity (Wildman–Crippen MR) is 82.4 cm³/mol. The van der Waals surface area contributed by atoms with Crippen LogP contribution in [0.5, 0.6) is 0 Å². The topological polar surface area (TPSA) is 37.4 Å². The molecule has 0 radical (unpaired) electrons. The Hall–Kier alpha value is -0.390. The second-order valence-electron chi connectivity index (χ2n) is 5.11.